The molecule has 0 aliphatic carbocycles. The fraction of sp³-hybridized carbons (Fsp3) is 0. The zero-order valence-corrected chi connectivity index (χ0v) is 14.9. The molecule has 0 aliphatic heterocycles. The normalized spacial score (nSPS) is 10.8. The molecule has 0 aliphatic rings. The molecule has 0 fully saturated rings. The van der Waals surface area contributed by atoms with E-state index >= 15 is 0 Å². The number of nitrogens with one attached hydrogen (secondary N) is 2. The molecule has 4 rings (SSSR count). The fourth-order valence-electron chi connectivity index (χ4n) is 2.63. The third-order valence-electron chi connectivity index (χ3n) is 3.83. The molecule has 7 heteroatoms. The maximum Gasteiger partial charge on any atom is 0.275 e. The number of amides is 1. The first-order valence-electron chi connectivity index (χ1n) is 7.77. The number of aromatic nitrogens is 2. The minimum absolute atomic E-state index is 0.254. The molecule has 0 saturated carbocycles. The number of carbonyl (C=O) groups is 1. The average molecular weight is 382 g/mol. The van der Waals surface area contributed by atoms with Gasteiger partial charge in [0.05, 0.1) is 25.9 Å². The number of carbonyl (C=O) groups excluding carboxylic acids is 1. The van der Waals surface area contributed by atoms with Crippen molar-refractivity contribution in [3.8, 4) is 11.3 Å². The number of benzene rings is 2. The van der Waals surface area contributed by atoms with Crippen molar-refractivity contribution in [3.63, 3.8) is 0 Å². The van der Waals surface area contributed by atoms with E-state index in [1.165, 1.54) is 11.3 Å². The van der Waals surface area contributed by atoms with Crippen molar-refractivity contribution in [1.82, 2.24) is 9.97 Å². The second kappa shape index (κ2) is 6.74. The monoisotopic (exact) mass is 381 g/mol. The highest BCUT2D eigenvalue weighted by atomic mass is 35.5. The van der Waals surface area contributed by atoms with Gasteiger partial charge in [0, 0.05) is 5.56 Å². The molecule has 0 radical (unpaired) electrons. The highest BCUT2D eigenvalue weighted by Gasteiger charge is 2.15. The second-order valence-corrected chi connectivity index (χ2v) is 7.25. The number of rotatable bonds is 3. The van der Waals surface area contributed by atoms with Crippen molar-refractivity contribution in [2.24, 2.45) is 0 Å². The molecule has 26 heavy (non-hydrogen) atoms. The Balaban J connectivity index is 1.78. The number of aromatic amines is 1. The van der Waals surface area contributed by atoms with E-state index in [2.05, 4.69) is 15.3 Å². The Bertz CT molecular complexity index is 1180. The number of hydrogen-bond acceptors (Lipinski definition) is 4. The third kappa shape index (κ3) is 3.12. The minimum atomic E-state index is -0.315. The van der Waals surface area contributed by atoms with E-state index < -0.39 is 0 Å². The average Bonchev–Trinajstić information content (AvgIpc) is 3.08. The Hall–Kier alpha value is -2.96. The molecule has 0 spiro atoms. The molecule has 1 amide bonds. The molecule has 2 heterocycles. The Kier molecular flexibility index (Phi) is 4.28. The largest absolute Gasteiger partial charge is 0.321 e. The second-order valence-electron chi connectivity index (χ2n) is 5.54. The lowest BCUT2D eigenvalue weighted by Gasteiger charge is -2.10. The summed E-state index contributed by atoms with van der Waals surface area (Å²) >= 11 is 7.09. The van der Waals surface area contributed by atoms with Crippen molar-refractivity contribution in [2.75, 3.05) is 5.32 Å². The molecule has 0 saturated heterocycles. The first kappa shape index (κ1) is 16.5. The summed E-state index contributed by atoms with van der Waals surface area (Å²) in [4.78, 5) is 32.7. The van der Waals surface area contributed by atoms with Crippen LogP contribution in [0.15, 0.2) is 65.5 Å². The van der Waals surface area contributed by atoms with Crippen molar-refractivity contribution >= 4 is 45.6 Å². The fourth-order valence-corrected chi connectivity index (χ4v) is 3.57. The number of thiophene rings is 1. The summed E-state index contributed by atoms with van der Waals surface area (Å²) in [6, 6.07) is 17.7. The van der Waals surface area contributed by atoms with Crippen LogP contribution in [0.4, 0.5) is 5.69 Å². The van der Waals surface area contributed by atoms with Gasteiger partial charge >= 0.3 is 0 Å². The Morgan fingerprint density at radius 3 is 2.62 bits per heavy atom. The van der Waals surface area contributed by atoms with Gasteiger partial charge in [0.1, 0.15) is 5.69 Å². The van der Waals surface area contributed by atoms with Gasteiger partial charge in [-0.1, -0.05) is 41.9 Å². The van der Waals surface area contributed by atoms with Crippen LogP contribution in [0.5, 0.6) is 0 Å². The highest BCUT2D eigenvalue weighted by Crippen LogP contribution is 2.27. The van der Waals surface area contributed by atoms with E-state index in [1.807, 2.05) is 18.2 Å². The lowest BCUT2D eigenvalue weighted by molar-refractivity contribution is 0.103. The van der Waals surface area contributed by atoms with Crippen LogP contribution in [-0.2, 0) is 0 Å². The van der Waals surface area contributed by atoms with Gasteiger partial charge in [-0.2, -0.15) is 0 Å². The summed E-state index contributed by atoms with van der Waals surface area (Å²) in [5, 5.41) is 2.83. The molecule has 2 aromatic heterocycles. The van der Waals surface area contributed by atoms with Crippen LogP contribution in [0.25, 0.3) is 22.3 Å². The molecule has 0 atom stereocenters. The number of para-hydroxylation sites is 3. The van der Waals surface area contributed by atoms with E-state index in [1.54, 1.807) is 42.5 Å². The Labute approximate surface area is 157 Å². The van der Waals surface area contributed by atoms with E-state index in [-0.39, 0.29) is 17.2 Å². The molecule has 2 aromatic carbocycles. The van der Waals surface area contributed by atoms with Crippen LogP contribution in [-0.4, -0.2) is 15.9 Å². The highest BCUT2D eigenvalue weighted by molar-refractivity contribution is 7.18. The molecular formula is C19H12ClN3O2S. The Morgan fingerprint density at radius 2 is 1.81 bits per heavy atom. The van der Waals surface area contributed by atoms with Gasteiger partial charge in [-0.05, 0) is 30.3 Å². The van der Waals surface area contributed by atoms with Crippen LogP contribution < -0.4 is 10.9 Å². The first-order chi connectivity index (χ1) is 12.6. The number of H-pyrrole nitrogens is 1. The van der Waals surface area contributed by atoms with Crippen molar-refractivity contribution in [2.45, 2.75) is 0 Å². The molecule has 4 aromatic rings. The number of nitrogens with zero attached hydrogens (tertiary/aromatic N) is 1. The predicted molar refractivity (Wildman–Crippen MR) is 105 cm³/mol. The zero-order chi connectivity index (χ0) is 18.1. The molecule has 0 unspecified atom stereocenters. The van der Waals surface area contributed by atoms with E-state index in [9.17, 15) is 9.59 Å². The van der Waals surface area contributed by atoms with Crippen LogP contribution in [0, 0.1) is 0 Å². The number of halogens is 1. The van der Waals surface area contributed by atoms with Crippen LogP contribution in [0.3, 0.4) is 0 Å². The lowest BCUT2D eigenvalue weighted by Crippen LogP contribution is -2.15. The lowest BCUT2D eigenvalue weighted by atomic mass is 10.1. The van der Waals surface area contributed by atoms with Crippen molar-refractivity contribution in [3.05, 3.63) is 80.2 Å². The number of fused-ring (bicyclic) bond motifs is 1. The maximum absolute atomic E-state index is 12.5. The van der Waals surface area contributed by atoms with Crippen molar-refractivity contribution in [1.29, 1.82) is 0 Å². The minimum Gasteiger partial charge on any atom is -0.321 e. The van der Waals surface area contributed by atoms with Crippen molar-refractivity contribution < 1.29 is 4.79 Å². The number of anilines is 1. The Morgan fingerprint density at radius 1 is 1.04 bits per heavy atom. The summed E-state index contributed by atoms with van der Waals surface area (Å²) in [7, 11) is 0. The van der Waals surface area contributed by atoms with E-state index in [0.717, 1.165) is 0 Å². The quantitative estimate of drug-likeness (QED) is 0.546. The molecule has 5 nitrogen and oxygen atoms in total. The molecule has 128 valence electrons. The third-order valence-corrected chi connectivity index (χ3v) is 5.06. The van der Waals surface area contributed by atoms with Gasteiger partial charge in [0.15, 0.2) is 0 Å². The van der Waals surface area contributed by atoms with E-state index in [0.29, 0.717) is 31.5 Å². The van der Waals surface area contributed by atoms with Gasteiger partial charge in [0.2, 0.25) is 0 Å². The molecule has 2 N–H and O–H groups in total. The van der Waals surface area contributed by atoms with Crippen LogP contribution in [0.1, 0.15) is 9.67 Å². The summed E-state index contributed by atoms with van der Waals surface area (Å²) in [6.07, 6.45) is 0. The molecular weight excluding hydrogens is 370 g/mol. The molecule has 0 bridgehead atoms. The zero-order valence-electron chi connectivity index (χ0n) is 13.3. The maximum atomic E-state index is 12.5. The van der Waals surface area contributed by atoms with Gasteiger partial charge in [0.25, 0.3) is 11.5 Å². The van der Waals surface area contributed by atoms with Gasteiger partial charge in [-0.15, -0.1) is 11.3 Å². The SMILES string of the molecule is O=C(Nc1ccccc1-c1nc2ccccc2[nH]c1=O)c1ccc(Cl)s1. The van der Waals surface area contributed by atoms with Crippen LogP contribution >= 0.6 is 22.9 Å². The first-order valence-corrected chi connectivity index (χ1v) is 8.96. The predicted octanol–water partition coefficient (Wildman–Crippen LogP) is 4.56. The standard InChI is InChI=1S/C19H12ClN3O2S/c20-16-10-9-15(26-16)18(24)22-12-6-2-1-5-11(12)17-19(25)23-14-8-4-3-7-13(14)21-17/h1-10H,(H,22,24)(H,23,25). The number of hydrogen-bond donors (Lipinski definition) is 2. The summed E-state index contributed by atoms with van der Waals surface area (Å²) in [5.41, 5.74) is 2.34. The smallest absolute Gasteiger partial charge is 0.275 e. The van der Waals surface area contributed by atoms with Crippen LogP contribution in [0.2, 0.25) is 4.34 Å². The van der Waals surface area contributed by atoms with E-state index in [4.69, 9.17) is 11.6 Å². The van der Waals surface area contributed by atoms with Gasteiger partial charge in [-0.25, -0.2) is 4.98 Å². The van der Waals surface area contributed by atoms with Gasteiger partial charge < -0.3 is 10.3 Å². The van der Waals surface area contributed by atoms with Gasteiger partial charge in [-0.3, -0.25) is 9.59 Å². The summed E-state index contributed by atoms with van der Waals surface area (Å²) in [5.74, 6) is -0.286. The summed E-state index contributed by atoms with van der Waals surface area (Å²) in [6.45, 7) is 0. The summed E-state index contributed by atoms with van der Waals surface area (Å²) < 4.78 is 0.538. The topological polar surface area (TPSA) is 74.8 Å².